The molecule has 6 heteroatoms. The Morgan fingerprint density at radius 3 is 2.67 bits per heavy atom. The van der Waals surface area contributed by atoms with E-state index in [0.29, 0.717) is 12.5 Å². The van der Waals surface area contributed by atoms with Gasteiger partial charge in [-0.1, -0.05) is 30.9 Å². The highest BCUT2D eigenvalue weighted by atomic mass is 35.5. The number of anilines is 1. The van der Waals surface area contributed by atoms with Crippen LogP contribution in [0.4, 0.5) is 11.4 Å². The van der Waals surface area contributed by atoms with Gasteiger partial charge in [-0.15, -0.1) is 0 Å². The molecule has 2 rings (SSSR count). The molecule has 1 fully saturated rings. The Morgan fingerprint density at radius 1 is 1.43 bits per heavy atom. The Bertz CT molecular complexity index is 516. The van der Waals surface area contributed by atoms with Crippen LogP contribution in [0.15, 0.2) is 12.1 Å². The van der Waals surface area contributed by atoms with Gasteiger partial charge in [-0.2, -0.15) is 0 Å². The van der Waals surface area contributed by atoms with Crippen LogP contribution in [0.3, 0.4) is 0 Å². The van der Waals surface area contributed by atoms with E-state index >= 15 is 0 Å². The first-order valence-electron chi connectivity index (χ1n) is 7.44. The predicted octanol–water partition coefficient (Wildman–Crippen LogP) is 3.88. The summed E-state index contributed by atoms with van der Waals surface area (Å²) in [6.07, 6.45) is 6.19. The van der Waals surface area contributed by atoms with Crippen molar-refractivity contribution in [2.45, 2.75) is 45.1 Å². The zero-order valence-electron chi connectivity index (χ0n) is 12.3. The molecule has 21 heavy (non-hydrogen) atoms. The van der Waals surface area contributed by atoms with Crippen LogP contribution in [-0.2, 0) is 0 Å². The summed E-state index contributed by atoms with van der Waals surface area (Å²) >= 11 is 6.00. The number of nitrogens with zero attached hydrogens (tertiary/aromatic N) is 1. The predicted molar refractivity (Wildman–Crippen MR) is 85.9 cm³/mol. The minimum Gasteiger partial charge on any atom is -0.380 e. The Labute approximate surface area is 130 Å². The van der Waals surface area contributed by atoms with Crippen LogP contribution >= 0.6 is 11.6 Å². The number of nitrogens with two attached hydrogens (primary N) is 1. The van der Waals surface area contributed by atoms with Gasteiger partial charge < -0.3 is 11.1 Å². The Balaban J connectivity index is 2.17. The van der Waals surface area contributed by atoms with E-state index in [1.165, 1.54) is 38.2 Å². The summed E-state index contributed by atoms with van der Waals surface area (Å²) in [5.41, 5.74) is 7.52. The monoisotopic (exact) mass is 311 g/mol. The number of nitro groups is 1. The maximum atomic E-state index is 10.9. The molecule has 1 saturated carbocycles. The summed E-state index contributed by atoms with van der Waals surface area (Å²) in [5, 5.41) is 14.5. The Hall–Kier alpha value is -1.33. The second kappa shape index (κ2) is 7.09. The fraction of sp³-hybridized carbons (Fsp3) is 0.600. The third-order valence-electron chi connectivity index (χ3n) is 4.30. The highest BCUT2D eigenvalue weighted by Crippen LogP contribution is 2.33. The van der Waals surface area contributed by atoms with Gasteiger partial charge in [0.25, 0.3) is 5.69 Å². The number of hydrogen-bond donors (Lipinski definition) is 2. The lowest BCUT2D eigenvalue weighted by molar-refractivity contribution is -0.384. The standard InChI is InChI=1S/C15H22ClN3O2/c1-10-7-15(19(20)21)12(16)8-13(10)18-14(9-17)11-5-3-2-4-6-11/h7-8,11,14,18H,2-6,9,17H2,1H3. The molecule has 1 aromatic carbocycles. The minimum absolute atomic E-state index is 0.0540. The molecule has 1 aliphatic carbocycles. The molecule has 0 amide bonds. The van der Waals surface area contributed by atoms with Crippen LogP contribution in [0.25, 0.3) is 0 Å². The molecule has 5 nitrogen and oxygen atoms in total. The fourth-order valence-electron chi connectivity index (χ4n) is 3.07. The minimum atomic E-state index is -0.458. The summed E-state index contributed by atoms with van der Waals surface area (Å²) in [6.45, 7) is 2.40. The third-order valence-corrected chi connectivity index (χ3v) is 4.61. The van der Waals surface area contributed by atoms with Gasteiger partial charge in [0.1, 0.15) is 5.02 Å². The lowest BCUT2D eigenvalue weighted by Gasteiger charge is -2.31. The van der Waals surface area contributed by atoms with Crippen LogP contribution in [0.5, 0.6) is 0 Å². The van der Waals surface area contributed by atoms with Crippen molar-refractivity contribution in [3.63, 3.8) is 0 Å². The summed E-state index contributed by atoms with van der Waals surface area (Å²) in [4.78, 5) is 10.4. The first kappa shape index (κ1) is 16.0. The summed E-state index contributed by atoms with van der Waals surface area (Å²) < 4.78 is 0. The fourth-order valence-corrected chi connectivity index (χ4v) is 3.30. The van der Waals surface area contributed by atoms with Crippen LogP contribution < -0.4 is 11.1 Å². The molecule has 0 bridgehead atoms. The highest BCUT2D eigenvalue weighted by molar-refractivity contribution is 6.33. The van der Waals surface area contributed by atoms with Gasteiger partial charge in [-0.25, -0.2) is 0 Å². The van der Waals surface area contributed by atoms with E-state index in [-0.39, 0.29) is 16.8 Å². The normalized spacial score (nSPS) is 17.5. The smallest absolute Gasteiger partial charge is 0.288 e. The van der Waals surface area contributed by atoms with Gasteiger partial charge in [0, 0.05) is 24.3 Å². The second-order valence-corrected chi connectivity index (χ2v) is 6.17. The SMILES string of the molecule is Cc1cc([N+](=O)[O-])c(Cl)cc1NC(CN)C1CCCCC1. The molecule has 1 unspecified atom stereocenters. The molecule has 1 aliphatic rings. The van der Waals surface area contributed by atoms with Gasteiger partial charge >= 0.3 is 0 Å². The number of benzene rings is 1. The third kappa shape index (κ3) is 3.86. The quantitative estimate of drug-likeness (QED) is 0.638. The first-order chi connectivity index (χ1) is 10.0. The van der Waals surface area contributed by atoms with E-state index < -0.39 is 4.92 Å². The number of nitrogens with one attached hydrogen (secondary N) is 1. The number of nitro benzene ring substituents is 1. The van der Waals surface area contributed by atoms with Crippen molar-refractivity contribution in [1.29, 1.82) is 0 Å². The molecule has 3 N–H and O–H groups in total. The Morgan fingerprint density at radius 2 is 2.10 bits per heavy atom. The number of aryl methyl sites for hydroxylation is 1. The van der Waals surface area contributed by atoms with Crippen molar-refractivity contribution < 1.29 is 4.92 Å². The second-order valence-electron chi connectivity index (χ2n) is 5.76. The lowest BCUT2D eigenvalue weighted by atomic mass is 9.83. The maximum absolute atomic E-state index is 10.9. The number of hydrogen-bond acceptors (Lipinski definition) is 4. The van der Waals surface area contributed by atoms with E-state index in [1.54, 1.807) is 6.07 Å². The van der Waals surface area contributed by atoms with Crippen molar-refractivity contribution in [3.8, 4) is 0 Å². The van der Waals surface area contributed by atoms with Gasteiger partial charge in [0.2, 0.25) is 0 Å². The van der Waals surface area contributed by atoms with Crippen molar-refractivity contribution in [3.05, 3.63) is 32.8 Å². The summed E-state index contributed by atoms with van der Waals surface area (Å²) in [6, 6.07) is 3.35. The largest absolute Gasteiger partial charge is 0.380 e. The van der Waals surface area contributed by atoms with Gasteiger partial charge in [-0.3, -0.25) is 10.1 Å². The molecule has 0 aromatic heterocycles. The topological polar surface area (TPSA) is 81.2 Å². The van der Waals surface area contributed by atoms with Gasteiger partial charge in [0.05, 0.1) is 4.92 Å². The van der Waals surface area contributed by atoms with Crippen LogP contribution in [0, 0.1) is 23.0 Å². The van der Waals surface area contributed by atoms with Crippen LogP contribution in [0.1, 0.15) is 37.7 Å². The van der Waals surface area contributed by atoms with Gasteiger partial charge in [0.15, 0.2) is 0 Å². The van der Waals surface area contributed by atoms with Crippen molar-refractivity contribution in [1.82, 2.24) is 0 Å². The molecule has 1 aromatic rings. The molecule has 0 saturated heterocycles. The highest BCUT2D eigenvalue weighted by Gasteiger charge is 2.24. The Kier molecular flexibility index (Phi) is 5.42. The molecule has 0 aliphatic heterocycles. The van der Waals surface area contributed by atoms with Crippen LogP contribution in [-0.4, -0.2) is 17.5 Å². The average Bonchev–Trinajstić information content (AvgIpc) is 2.48. The molecule has 116 valence electrons. The zero-order chi connectivity index (χ0) is 15.4. The molecule has 0 radical (unpaired) electrons. The lowest BCUT2D eigenvalue weighted by Crippen LogP contribution is -2.37. The van der Waals surface area contributed by atoms with E-state index in [4.69, 9.17) is 17.3 Å². The molecular weight excluding hydrogens is 290 g/mol. The zero-order valence-corrected chi connectivity index (χ0v) is 13.0. The molecular formula is C15H22ClN3O2. The van der Waals surface area contributed by atoms with E-state index in [1.807, 2.05) is 6.92 Å². The van der Waals surface area contributed by atoms with E-state index in [9.17, 15) is 10.1 Å². The van der Waals surface area contributed by atoms with Gasteiger partial charge in [-0.05, 0) is 37.3 Å². The van der Waals surface area contributed by atoms with Crippen molar-refractivity contribution >= 4 is 23.0 Å². The average molecular weight is 312 g/mol. The van der Waals surface area contributed by atoms with Crippen LogP contribution in [0.2, 0.25) is 5.02 Å². The number of rotatable bonds is 5. The molecule has 0 heterocycles. The number of halogens is 1. The maximum Gasteiger partial charge on any atom is 0.288 e. The van der Waals surface area contributed by atoms with E-state index in [2.05, 4.69) is 5.32 Å². The summed E-state index contributed by atoms with van der Waals surface area (Å²) in [5.74, 6) is 0.567. The first-order valence-corrected chi connectivity index (χ1v) is 7.82. The van der Waals surface area contributed by atoms with Crippen molar-refractivity contribution in [2.75, 3.05) is 11.9 Å². The molecule has 0 spiro atoms. The molecule has 1 atom stereocenters. The van der Waals surface area contributed by atoms with Crippen molar-refractivity contribution in [2.24, 2.45) is 11.7 Å². The van der Waals surface area contributed by atoms with E-state index in [0.717, 1.165) is 11.3 Å². The summed E-state index contributed by atoms with van der Waals surface area (Å²) in [7, 11) is 0.